The second-order valence-corrected chi connectivity index (χ2v) is 6.11. The van der Waals surface area contributed by atoms with E-state index in [0.29, 0.717) is 24.5 Å². The van der Waals surface area contributed by atoms with Gasteiger partial charge in [0.1, 0.15) is 11.6 Å². The van der Waals surface area contributed by atoms with Crippen molar-refractivity contribution in [1.29, 1.82) is 5.26 Å². The zero-order valence-corrected chi connectivity index (χ0v) is 16.1. The number of hydrogen-bond acceptors (Lipinski definition) is 5. The molecule has 1 aliphatic rings. The van der Waals surface area contributed by atoms with Crippen LogP contribution in [0, 0.1) is 11.3 Å². The number of nitriles is 1. The quantitative estimate of drug-likeness (QED) is 0.758. The molecule has 2 aromatic rings. The van der Waals surface area contributed by atoms with Gasteiger partial charge in [0.25, 0.3) is 0 Å². The lowest BCUT2D eigenvalue weighted by atomic mass is 10.0. The Bertz CT molecular complexity index is 959. The summed E-state index contributed by atoms with van der Waals surface area (Å²) in [5.74, 6) is -1.43. The van der Waals surface area contributed by atoms with Crippen LogP contribution in [0.15, 0.2) is 30.3 Å². The fourth-order valence-electron chi connectivity index (χ4n) is 3.16. The van der Waals surface area contributed by atoms with Crippen LogP contribution in [0.1, 0.15) is 35.5 Å². The van der Waals surface area contributed by atoms with Crippen LogP contribution in [0.4, 0.5) is 4.79 Å². The summed E-state index contributed by atoms with van der Waals surface area (Å²) in [5.41, 5.74) is 1.58. The number of carboxylic acid groups (broad SMARTS) is 2. The molecule has 0 aliphatic carbocycles. The molecule has 2 heterocycles. The first-order valence-corrected chi connectivity index (χ1v) is 8.87. The minimum atomic E-state index is -1.22. The van der Waals surface area contributed by atoms with Crippen LogP contribution in [0.5, 0.6) is 0 Å². The summed E-state index contributed by atoms with van der Waals surface area (Å²) in [5, 5.41) is 28.1. The van der Waals surface area contributed by atoms with Crippen molar-refractivity contribution in [2.45, 2.75) is 26.9 Å². The maximum Gasteiger partial charge on any atom is 0.407 e. The highest BCUT2D eigenvalue weighted by atomic mass is 16.5. The third-order valence-electron chi connectivity index (χ3n) is 4.30. The Balaban J connectivity index is 0.000000438. The monoisotopic (exact) mass is 399 g/mol. The lowest BCUT2D eigenvalue weighted by Crippen LogP contribution is -2.37. The van der Waals surface area contributed by atoms with Gasteiger partial charge in [0.2, 0.25) is 0 Å². The highest BCUT2D eigenvalue weighted by Crippen LogP contribution is 2.34. The van der Waals surface area contributed by atoms with Crippen molar-refractivity contribution in [3.05, 3.63) is 47.2 Å². The van der Waals surface area contributed by atoms with Crippen LogP contribution in [0.3, 0.4) is 0 Å². The smallest absolute Gasteiger partial charge is 0.407 e. The molecule has 9 heteroatoms. The topological polar surface area (TPSA) is 133 Å². The summed E-state index contributed by atoms with van der Waals surface area (Å²) < 4.78 is 6.15. The van der Waals surface area contributed by atoms with Crippen molar-refractivity contribution in [1.82, 2.24) is 9.47 Å². The van der Waals surface area contributed by atoms with E-state index >= 15 is 0 Å². The minimum absolute atomic E-state index is 0.0432. The summed E-state index contributed by atoms with van der Waals surface area (Å²) in [6, 6.07) is 11.0. The van der Waals surface area contributed by atoms with Gasteiger partial charge >= 0.3 is 18.0 Å². The average Bonchev–Trinajstić information content (AvgIpc) is 3.02. The number of hydrogen-bond donors (Lipinski definition) is 2. The Morgan fingerprint density at radius 2 is 1.83 bits per heavy atom. The molecule has 3 rings (SSSR count). The number of carbonyl (C=O) groups is 3. The predicted molar refractivity (Wildman–Crippen MR) is 102 cm³/mol. The van der Waals surface area contributed by atoms with Crippen molar-refractivity contribution in [2.24, 2.45) is 0 Å². The fraction of sp³-hybridized carbons (Fsp3) is 0.300. The normalized spacial score (nSPS) is 12.1. The van der Waals surface area contributed by atoms with Crippen molar-refractivity contribution in [2.75, 3.05) is 13.2 Å². The van der Waals surface area contributed by atoms with Gasteiger partial charge in [0.05, 0.1) is 30.1 Å². The number of benzene rings is 1. The molecule has 0 fully saturated rings. The van der Waals surface area contributed by atoms with Crippen LogP contribution in [-0.2, 0) is 22.6 Å². The molecule has 1 aliphatic heterocycles. The van der Waals surface area contributed by atoms with E-state index < -0.39 is 12.1 Å². The molecule has 0 spiro atoms. The van der Waals surface area contributed by atoms with Crippen molar-refractivity contribution < 1.29 is 29.3 Å². The number of nitrogens with zero attached hydrogens (tertiary/aromatic N) is 3. The Kier molecular flexibility index (Phi) is 6.98. The maximum absolute atomic E-state index is 11.6. The lowest BCUT2D eigenvalue weighted by molar-refractivity contribution is -0.140. The number of fused-ring (bicyclic) bond motifs is 1. The minimum Gasteiger partial charge on any atom is -0.478 e. The van der Waals surface area contributed by atoms with Crippen LogP contribution in [-0.4, -0.2) is 50.9 Å². The Labute approximate surface area is 167 Å². The summed E-state index contributed by atoms with van der Waals surface area (Å²) in [6.45, 7) is 4.17. The van der Waals surface area contributed by atoms with Crippen LogP contribution < -0.4 is 0 Å². The third-order valence-corrected chi connectivity index (χ3v) is 4.30. The van der Waals surface area contributed by atoms with Gasteiger partial charge in [0.15, 0.2) is 0 Å². The van der Waals surface area contributed by atoms with E-state index in [1.54, 1.807) is 23.6 Å². The SMILES string of the molecule is CCOC(C)=O.N#Cc1c(C(=O)O)c2n(c1-c1ccccc1)CCN(C(=O)O)C2. The van der Waals surface area contributed by atoms with E-state index in [2.05, 4.69) is 4.74 Å². The highest BCUT2D eigenvalue weighted by molar-refractivity contribution is 5.96. The number of ether oxygens (including phenoxy) is 1. The van der Waals surface area contributed by atoms with E-state index in [0.717, 1.165) is 10.5 Å². The molecule has 152 valence electrons. The van der Waals surface area contributed by atoms with E-state index in [1.165, 1.54) is 6.92 Å². The molecular weight excluding hydrogens is 378 g/mol. The molecule has 0 bridgehead atoms. The molecule has 9 nitrogen and oxygen atoms in total. The second-order valence-electron chi connectivity index (χ2n) is 6.11. The standard InChI is InChI=1S/C16H13N3O4.C4H8O2/c17-8-11-13(15(20)21)12-9-18(16(22)23)6-7-19(12)14(11)10-4-2-1-3-5-10;1-3-6-4(2)5/h1-5H,6-7,9H2,(H,20,21)(H,22,23);3H2,1-2H3. The van der Waals surface area contributed by atoms with Crippen LogP contribution in [0.25, 0.3) is 11.3 Å². The number of aromatic carboxylic acids is 1. The molecular formula is C20H21N3O6. The first-order chi connectivity index (χ1) is 13.8. The van der Waals surface area contributed by atoms with Gasteiger partial charge in [-0.15, -0.1) is 0 Å². The molecule has 1 amide bonds. The van der Waals surface area contributed by atoms with E-state index in [4.69, 9.17) is 5.11 Å². The summed E-state index contributed by atoms with van der Waals surface area (Å²) in [4.78, 5) is 33.8. The van der Waals surface area contributed by atoms with Gasteiger partial charge in [-0.3, -0.25) is 4.79 Å². The molecule has 0 radical (unpaired) electrons. The van der Waals surface area contributed by atoms with Crippen molar-refractivity contribution in [3.8, 4) is 17.3 Å². The molecule has 0 unspecified atom stereocenters. The zero-order chi connectivity index (χ0) is 21.6. The van der Waals surface area contributed by atoms with E-state index in [1.807, 2.05) is 24.3 Å². The molecule has 0 saturated carbocycles. The molecule has 0 saturated heterocycles. The van der Waals surface area contributed by atoms with Crippen molar-refractivity contribution >= 4 is 18.0 Å². The van der Waals surface area contributed by atoms with Crippen molar-refractivity contribution in [3.63, 3.8) is 0 Å². The number of aromatic nitrogens is 1. The first kappa shape index (κ1) is 21.5. The van der Waals surface area contributed by atoms with Gasteiger partial charge in [-0.05, 0) is 12.5 Å². The zero-order valence-electron chi connectivity index (χ0n) is 16.1. The number of carboxylic acids is 1. The Morgan fingerprint density at radius 1 is 1.17 bits per heavy atom. The van der Waals surface area contributed by atoms with Gasteiger partial charge in [0, 0.05) is 20.0 Å². The van der Waals surface area contributed by atoms with E-state index in [-0.39, 0.29) is 30.2 Å². The number of carbonyl (C=O) groups excluding carboxylic acids is 1. The Morgan fingerprint density at radius 3 is 2.28 bits per heavy atom. The predicted octanol–water partition coefficient (Wildman–Crippen LogP) is 2.79. The lowest BCUT2D eigenvalue weighted by Gasteiger charge is -2.27. The number of esters is 1. The Hall–Kier alpha value is -3.80. The average molecular weight is 399 g/mol. The summed E-state index contributed by atoms with van der Waals surface area (Å²) >= 11 is 0. The fourth-order valence-corrected chi connectivity index (χ4v) is 3.16. The molecule has 0 atom stereocenters. The van der Waals surface area contributed by atoms with Gasteiger partial charge < -0.3 is 24.4 Å². The van der Waals surface area contributed by atoms with Crippen LogP contribution in [0.2, 0.25) is 0 Å². The second kappa shape index (κ2) is 9.41. The van der Waals surface area contributed by atoms with Gasteiger partial charge in [-0.25, -0.2) is 9.59 Å². The molecule has 1 aromatic carbocycles. The highest BCUT2D eigenvalue weighted by Gasteiger charge is 2.32. The van der Waals surface area contributed by atoms with Gasteiger partial charge in [-0.2, -0.15) is 5.26 Å². The first-order valence-electron chi connectivity index (χ1n) is 8.87. The number of rotatable bonds is 3. The summed E-state index contributed by atoms with van der Waals surface area (Å²) in [6.07, 6.45) is -1.10. The molecule has 1 aromatic heterocycles. The molecule has 29 heavy (non-hydrogen) atoms. The molecule has 2 N–H and O–H groups in total. The maximum atomic E-state index is 11.6. The van der Waals surface area contributed by atoms with Gasteiger partial charge in [-0.1, -0.05) is 30.3 Å². The summed E-state index contributed by atoms with van der Waals surface area (Å²) in [7, 11) is 0. The van der Waals surface area contributed by atoms with Crippen LogP contribution >= 0.6 is 0 Å². The largest absolute Gasteiger partial charge is 0.478 e. The van der Waals surface area contributed by atoms with E-state index in [9.17, 15) is 24.8 Å². The third kappa shape index (κ3) is 4.73. The number of amides is 1.